The molecule has 2 N–H and O–H groups in total. The first-order valence-corrected chi connectivity index (χ1v) is 2.40. The highest BCUT2D eigenvalue weighted by atomic mass is 16.4. The van der Waals surface area contributed by atoms with Gasteiger partial charge in [0.15, 0.2) is 11.8 Å². The molecule has 0 radical (unpaired) electrons. The van der Waals surface area contributed by atoms with Crippen LogP contribution in [0.15, 0.2) is 10.2 Å². The SMILES string of the molecule is N=C1N=NC(=O)C1C(=O)O. The number of rotatable bonds is 1. The second kappa shape index (κ2) is 1.98. The van der Waals surface area contributed by atoms with Gasteiger partial charge < -0.3 is 5.11 Å². The molecule has 52 valence electrons. The first kappa shape index (κ1) is 6.53. The molecule has 0 saturated heterocycles. The van der Waals surface area contributed by atoms with E-state index in [1.165, 1.54) is 0 Å². The number of hydrogen-bond donors (Lipinski definition) is 2. The van der Waals surface area contributed by atoms with Crippen LogP contribution in [0.2, 0.25) is 0 Å². The van der Waals surface area contributed by atoms with Crippen LogP contribution < -0.4 is 0 Å². The second-order valence-corrected chi connectivity index (χ2v) is 1.69. The Hall–Kier alpha value is -1.59. The highest BCUT2D eigenvalue weighted by Crippen LogP contribution is 2.10. The molecule has 0 saturated carbocycles. The van der Waals surface area contributed by atoms with Crippen LogP contribution in [-0.2, 0) is 9.59 Å². The summed E-state index contributed by atoms with van der Waals surface area (Å²) in [5.74, 6) is -4.23. The molecule has 1 rings (SSSR count). The molecule has 1 heterocycles. The van der Waals surface area contributed by atoms with Gasteiger partial charge in [-0.25, -0.2) is 0 Å². The zero-order chi connectivity index (χ0) is 7.72. The fourth-order valence-corrected chi connectivity index (χ4v) is 0.558. The van der Waals surface area contributed by atoms with Crippen LogP contribution in [0.3, 0.4) is 0 Å². The maximum absolute atomic E-state index is 10.4. The fraction of sp³-hybridized carbons (Fsp3) is 0.250. The molecular formula is C4H3N3O3. The normalized spacial score (nSPS) is 23.8. The van der Waals surface area contributed by atoms with E-state index in [0.717, 1.165) is 0 Å². The summed E-state index contributed by atoms with van der Waals surface area (Å²) in [7, 11) is 0. The Kier molecular flexibility index (Phi) is 1.29. The molecule has 0 aromatic rings. The Bertz CT molecular complexity index is 226. The van der Waals surface area contributed by atoms with Crippen LogP contribution in [0.5, 0.6) is 0 Å². The standard InChI is InChI=1S/C4H3N3O3/c5-2-1(4(9)10)3(8)7-6-2/h1,5H,(H,9,10). The molecular weight excluding hydrogens is 138 g/mol. The van der Waals surface area contributed by atoms with E-state index in [9.17, 15) is 9.59 Å². The van der Waals surface area contributed by atoms with Gasteiger partial charge in [-0.2, -0.15) is 0 Å². The van der Waals surface area contributed by atoms with Crippen molar-refractivity contribution in [1.29, 1.82) is 5.41 Å². The van der Waals surface area contributed by atoms with Crippen LogP contribution >= 0.6 is 0 Å². The van der Waals surface area contributed by atoms with Crippen LogP contribution in [0.4, 0.5) is 0 Å². The summed E-state index contributed by atoms with van der Waals surface area (Å²) in [5.41, 5.74) is 0. The number of nitrogens with zero attached hydrogens (tertiary/aromatic N) is 2. The van der Waals surface area contributed by atoms with Crippen LogP contribution in [0.1, 0.15) is 0 Å². The van der Waals surface area contributed by atoms with Crippen molar-refractivity contribution in [3.63, 3.8) is 0 Å². The van der Waals surface area contributed by atoms with Crippen molar-refractivity contribution in [3.05, 3.63) is 0 Å². The molecule has 0 aromatic heterocycles. The smallest absolute Gasteiger partial charge is 0.324 e. The summed E-state index contributed by atoms with van der Waals surface area (Å²) in [4.78, 5) is 20.6. The Labute approximate surface area is 55.1 Å². The number of carboxylic acid groups (broad SMARTS) is 1. The van der Waals surface area contributed by atoms with Gasteiger partial charge in [-0.05, 0) is 0 Å². The molecule has 1 aliphatic heterocycles. The molecule has 0 spiro atoms. The van der Waals surface area contributed by atoms with Gasteiger partial charge in [-0.15, -0.1) is 10.2 Å². The molecule has 1 atom stereocenters. The van der Waals surface area contributed by atoms with Gasteiger partial charge in [0.2, 0.25) is 0 Å². The lowest BCUT2D eigenvalue weighted by atomic mass is 10.1. The quantitative estimate of drug-likeness (QED) is 0.488. The van der Waals surface area contributed by atoms with E-state index in [0.29, 0.717) is 0 Å². The van der Waals surface area contributed by atoms with Crippen molar-refractivity contribution < 1.29 is 14.7 Å². The first-order chi connectivity index (χ1) is 4.63. The number of hydrogen-bond acceptors (Lipinski definition) is 3. The average Bonchev–Trinajstić information content (AvgIpc) is 2.11. The van der Waals surface area contributed by atoms with Crippen molar-refractivity contribution in [2.24, 2.45) is 16.1 Å². The molecule has 0 fully saturated rings. The Morgan fingerprint density at radius 1 is 1.60 bits per heavy atom. The number of amides is 1. The van der Waals surface area contributed by atoms with Gasteiger partial charge in [-0.1, -0.05) is 0 Å². The topological polar surface area (TPSA) is 103 Å². The van der Waals surface area contributed by atoms with E-state index in [1.54, 1.807) is 0 Å². The maximum atomic E-state index is 10.4. The van der Waals surface area contributed by atoms with Crippen LogP contribution in [0.25, 0.3) is 0 Å². The minimum absolute atomic E-state index is 0.502. The lowest BCUT2D eigenvalue weighted by Crippen LogP contribution is -2.24. The van der Waals surface area contributed by atoms with Crippen LogP contribution in [-0.4, -0.2) is 22.8 Å². The highest BCUT2D eigenvalue weighted by Gasteiger charge is 2.35. The average molecular weight is 141 g/mol. The highest BCUT2D eigenvalue weighted by molar-refractivity contribution is 6.19. The third-order valence-electron chi connectivity index (χ3n) is 1.02. The molecule has 10 heavy (non-hydrogen) atoms. The van der Waals surface area contributed by atoms with Gasteiger partial charge in [-0.3, -0.25) is 15.0 Å². The van der Waals surface area contributed by atoms with Crippen molar-refractivity contribution in [2.45, 2.75) is 0 Å². The predicted molar refractivity (Wildman–Crippen MR) is 28.7 cm³/mol. The van der Waals surface area contributed by atoms with E-state index >= 15 is 0 Å². The minimum atomic E-state index is -1.47. The van der Waals surface area contributed by atoms with Crippen molar-refractivity contribution >= 4 is 17.7 Å². The number of carbonyl (C=O) groups is 2. The Morgan fingerprint density at radius 3 is 2.40 bits per heavy atom. The Morgan fingerprint density at radius 2 is 2.20 bits per heavy atom. The Balaban J connectivity index is 2.90. The van der Waals surface area contributed by atoms with Gasteiger partial charge in [0.05, 0.1) is 0 Å². The van der Waals surface area contributed by atoms with Gasteiger partial charge in [0.25, 0.3) is 5.91 Å². The molecule has 0 aromatic carbocycles. The number of nitrogens with one attached hydrogen (secondary N) is 1. The molecule has 1 aliphatic rings. The fourth-order valence-electron chi connectivity index (χ4n) is 0.558. The molecule has 0 bridgehead atoms. The lowest BCUT2D eigenvalue weighted by molar-refractivity contribution is -0.142. The third kappa shape index (κ3) is 0.790. The third-order valence-corrected chi connectivity index (χ3v) is 1.02. The molecule has 1 unspecified atom stereocenters. The predicted octanol–water partition coefficient (Wildman–Crippen LogP) is -0.343. The molecule has 0 aliphatic carbocycles. The molecule has 6 nitrogen and oxygen atoms in total. The van der Waals surface area contributed by atoms with Crippen LogP contribution in [0, 0.1) is 11.3 Å². The monoisotopic (exact) mass is 141 g/mol. The zero-order valence-electron chi connectivity index (χ0n) is 4.74. The zero-order valence-corrected chi connectivity index (χ0v) is 4.74. The van der Waals surface area contributed by atoms with Crippen molar-refractivity contribution in [1.82, 2.24) is 0 Å². The summed E-state index contributed by atoms with van der Waals surface area (Å²) < 4.78 is 0. The summed E-state index contributed by atoms with van der Waals surface area (Å²) in [5, 5.41) is 21.0. The van der Waals surface area contributed by atoms with Gasteiger partial charge >= 0.3 is 5.97 Å². The van der Waals surface area contributed by atoms with Crippen molar-refractivity contribution in [3.8, 4) is 0 Å². The molecule has 1 amide bonds. The lowest BCUT2D eigenvalue weighted by Gasteiger charge is -1.94. The summed E-state index contributed by atoms with van der Waals surface area (Å²) >= 11 is 0. The van der Waals surface area contributed by atoms with Gasteiger partial charge in [0.1, 0.15) is 0 Å². The minimum Gasteiger partial charge on any atom is -0.480 e. The number of aliphatic carboxylic acids is 1. The second-order valence-electron chi connectivity index (χ2n) is 1.69. The summed E-state index contributed by atoms with van der Waals surface area (Å²) in [6.45, 7) is 0. The van der Waals surface area contributed by atoms with Crippen molar-refractivity contribution in [2.75, 3.05) is 0 Å². The van der Waals surface area contributed by atoms with E-state index in [4.69, 9.17) is 10.5 Å². The van der Waals surface area contributed by atoms with E-state index in [-0.39, 0.29) is 0 Å². The maximum Gasteiger partial charge on any atom is 0.324 e. The number of carboxylic acids is 1. The summed E-state index contributed by atoms with van der Waals surface area (Å²) in [6.07, 6.45) is 0. The van der Waals surface area contributed by atoms with E-state index in [1.807, 2.05) is 0 Å². The summed E-state index contributed by atoms with van der Waals surface area (Å²) in [6, 6.07) is 0. The van der Waals surface area contributed by atoms with E-state index in [2.05, 4.69) is 10.2 Å². The number of azo groups is 1. The first-order valence-electron chi connectivity index (χ1n) is 2.40. The number of carbonyl (C=O) groups excluding carboxylic acids is 1. The van der Waals surface area contributed by atoms with E-state index < -0.39 is 23.6 Å². The largest absolute Gasteiger partial charge is 0.480 e. The number of amidine groups is 1. The van der Waals surface area contributed by atoms with Gasteiger partial charge in [0, 0.05) is 0 Å². The molecule has 6 heteroatoms.